The molecule has 0 amide bonds. The van der Waals surface area contributed by atoms with Gasteiger partial charge in [0.05, 0.1) is 25.2 Å². The van der Waals surface area contributed by atoms with E-state index in [1.807, 2.05) is 36.4 Å². The van der Waals surface area contributed by atoms with E-state index in [1.54, 1.807) is 25.3 Å². The molecule has 1 fully saturated rings. The minimum Gasteiger partial charge on any atom is -0.497 e. The first-order valence-electron chi connectivity index (χ1n) is 9.95. The third-order valence-electron chi connectivity index (χ3n) is 5.25. The summed E-state index contributed by atoms with van der Waals surface area (Å²) in [5.74, 6) is 0.607. The van der Waals surface area contributed by atoms with E-state index in [0.717, 1.165) is 22.1 Å². The van der Waals surface area contributed by atoms with Gasteiger partial charge in [0.25, 0.3) is 0 Å². The first kappa shape index (κ1) is 21.2. The summed E-state index contributed by atoms with van der Waals surface area (Å²) in [5.41, 5.74) is 1.33. The number of hydrogen-bond acceptors (Lipinski definition) is 5. The number of sulfonamides is 1. The molecular formula is C24H23NO5S. The topological polar surface area (TPSA) is 72.9 Å². The molecule has 1 aliphatic rings. The summed E-state index contributed by atoms with van der Waals surface area (Å²) in [7, 11) is -1.94. The van der Waals surface area contributed by atoms with Crippen LogP contribution in [0.3, 0.4) is 0 Å². The molecule has 3 aromatic rings. The van der Waals surface area contributed by atoms with Crippen LogP contribution in [0.15, 0.2) is 71.6 Å². The molecule has 4 rings (SSSR count). The molecule has 0 radical (unpaired) electrons. The highest BCUT2D eigenvalue weighted by atomic mass is 32.2. The molecule has 0 bridgehead atoms. The van der Waals surface area contributed by atoms with E-state index in [0.29, 0.717) is 31.9 Å². The summed E-state index contributed by atoms with van der Waals surface area (Å²) in [6, 6.07) is 17.8. The van der Waals surface area contributed by atoms with Crippen LogP contribution in [0.4, 0.5) is 0 Å². The fourth-order valence-electron chi connectivity index (χ4n) is 3.47. The van der Waals surface area contributed by atoms with Gasteiger partial charge in [-0.15, -0.1) is 0 Å². The average Bonchev–Trinajstić information content (AvgIpc) is 2.82. The van der Waals surface area contributed by atoms with Crippen molar-refractivity contribution in [1.29, 1.82) is 0 Å². The summed E-state index contributed by atoms with van der Waals surface area (Å²) in [4.78, 5) is 12.7. The van der Waals surface area contributed by atoms with Crippen LogP contribution < -0.4 is 4.74 Å². The fraction of sp³-hybridized carbons (Fsp3) is 0.208. The van der Waals surface area contributed by atoms with Crippen LogP contribution in [0.2, 0.25) is 0 Å². The van der Waals surface area contributed by atoms with E-state index >= 15 is 0 Å². The van der Waals surface area contributed by atoms with Crippen LogP contribution in [-0.4, -0.2) is 51.9 Å². The summed E-state index contributed by atoms with van der Waals surface area (Å²) in [5, 5.41) is 2.10. The molecule has 1 saturated heterocycles. The maximum Gasteiger partial charge on any atom is 0.243 e. The third kappa shape index (κ3) is 4.69. The van der Waals surface area contributed by atoms with E-state index in [1.165, 1.54) is 22.5 Å². The molecule has 0 unspecified atom stereocenters. The van der Waals surface area contributed by atoms with E-state index < -0.39 is 10.0 Å². The molecule has 7 heteroatoms. The lowest BCUT2D eigenvalue weighted by Gasteiger charge is -2.26. The van der Waals surface area contributed by atoms with Crippen molar-refractivity contribution in [2.45, 2.75) is 4.90 Å². The molecule has 0 aromatic heterocycles. The van der Waals surface area contributed by atoms with Crippen LogP contribution in [0.5, 0.6) is 5.75 Å². The number of rotatable bonds is 6. The zero-order chi connectivity index (χ0) is 21.8. The summed E-state index contributed by atoms with van der Waals surface area (Å²) in [6.07, 6.45) is 3.25. The van der Waals surface area contributed by atoms with Crippen molar-refractivity contribution >= 4 is 32.7 Å². The Kier molecular flexibility index (Phi) is 6.18. The Hall–Kier alpha value is -3.00. The van der Waals surface area contributed by atoms with Gasteiger partial charge in [-0.3, -0.25) is 4.79 Å². The second-order valence-corrected chi connectivity index (χ2v) is 9.15. The third-order valence-corrected chi connectivity index (χ3v) is 7.16. The first-order chi connectivity index (χ1) is 15.0. The lowest BCUT2D eigenvalue weighted by Crippen LogP contribution is -2.40. The zero-order valence-corrected chi connectivity index (χ0v) is 18.0. The van der Waals surface area contributed by atoms with Gasteiger partial charge in [0.15, 0.2) is 5.78 Å². The Bertz CT molecular complexity index is 1230. The normalized spacial score (nSPS) is 15.4. The van der Waals surface area contributed by atoms with E-state index in [2.05, 4.69) is 0 Å². The van der Waals surface area contributed by atoms with Gasteiger partial charge >= 0.3 is 0 Å². The van der Waals surface area contributed by atoms with Crippen molar-refractivity contribution in [1.82, 2.24) is 4.31 Å². The number of fused-ring (bicyclic) bond motifs is 1. The molecule has 0 saturated carbocycles. The molecule has 0 N–H and O–H groups in total. The highest BCUT2D eigenvalue weighted by molar-refractivity contribution is 7.89. The fourth-order valence-corrected chi connectivity index (χ4v) is 4.88. The number of morpholine rings is 1. The van der Waals surface area contributed by atoms with Crippen molar-refractivity contribution in [3.63, 3.8) is 0 Å². The van der Waals surface area contributed by atoms with Gasteiger partial charge in [0.2, 0.25) is 10.0 Å². The predicted octanol–water partition coefficient (Wildman–Crippen LogP) is 3.77. The average molecular weight is 438 g/mol. The molecule has 0 aliphatic carbocycles. The van der Waals surface area contributed by atoms with Crippen molar-refractivity contribution in [2.75, 3.05) is 33.4 Å². The number of carbonyl (C=O) groups is 1. The quantitative estimate of drug-likeness (QED) is 0.434. The number of ketones is 1. The Labute approximate surface area is 181 Å². The number of allylic oxidation sites excluding steroid dienone is 1. The number of nitrogens with zero attached hydrogens (tertiary/aromatic N) is 1. The Morgan fingerprint density at radius 1 is 0.968 bits per heavy atom. The van der Waals surface area contributed by atoms with Gasteiger partial charge in [0, 0.05) is 18.7 Å². The predicted molar refractivity (Wildman–Crippen MR) is 120 cm³/mol. The number of benzene rings is 3. The molecular weight excluding hydrogens is 414 g/mol. The highest BCUT2D eigenvalue weighted by Crippen LogP contribution is 2.23. The maximum atomic E-state index is 12.7. The Morgan fingerprint density at radius 2 is 1.65 bits per heavy atom. The number of ether oxygens (including phenoxy) is 2. The molecule has 1 aliphatic heterocycles. The van der Waals surface area contributed by atoms with E-state index in [4.69, 9.17) is 9.47 Å². The lowest BCUT2D eigenvalue weighted by atomic mass is 10.1. The summed E-state index contributed by atoms with van der Waals surface area (Å²) in [6.45, 7) is 1.46. The first-order valence-corrected chi connectivity index (χ1v) is 11.4. The van der Waals surface area contributed by atoms with Crippen LogP contribution in [0, 0.1) is 0 Å². The molecule has 160 valence electrons. The Morgan fingerprint density at radius 3 is 2.35 bits per heavy atom. The second-order valence-electron chi connectivity index (χ2n) is 7.21. The molecule has 3 aromatic carbocycles. The minimum absolute atomic E-state index is 0.180. The van der Waals surface area contributed by atoms with Gasteiger partial charge in [-0.2, -0.15) is 4.31 Å². The SMILES string of the molecule is COc1ccc2cc(/C=C/C(=O)c3ccc(S(=O)(=O)N4CCOCC4)cc3)ccc2c1. The van der Waals surface area contributed by atoms with Gasteiger partial charge in [0.1, 0.15) is 5.75 Å². The van der Waals surface area contributed by atoms with Gasteiger partial charge in [-0.05, 0) is 64.9 Å². The lowest BCUT2D eigenvalue weighted by molar-refractivity contribution is 0.0730. The molecule has 0 atom stereocenters. The number of hydrogen-bond donors (Lipinski definition) is 0. The zero-order valence-electron chi connectivity index (χ0n) is 17.2. The van der Waals surface area contributed by atoms with Crippen molar-refractivity contribution in [3.8, 4) is 5.75 Å². The smallest absolute Gasteiger partial charge is 0.243 e. The van der Waals surface area contributed by atoms with Gasteiger partial charge < -0.3 is 9.47 Å². The van der Waals surface area contributed by atoms with E-state index in [9.17, 15) is 13.2 Å². The summed E-state index contributed by atoms with van der Waals surface area (Å²) < 4.78 is 37.2. The standard InChI is InChI=1S/C24H23NO5S/c1-29-22-8-5-20-16-18(2-4-21(20)17-22)3-11-24(26)19-6-9-23(10-7-19)31(27,28)25-12-14-30-15-13-25/h2-11,16-17H,12-15H2,1H3/b11-3+. The van der Waals surface area contributed by atoms with Gasteiger partial charge in [-0.1, -0.05) is 24.3 Å². The van der Waals surface area contributed by atoms with E-state index in [-0.39, 0.29) is 10.7 Å². The monoisotopic (exact) mass is 437 g/mol. The van der Waals surface area contributed by atoms with Gasteiger partial charge in [-0.25, -0.2) is 8.42 Å². The molecule has 0 spiro atoms. The van der Waals surface area contributed by atoms with Crippen LogP contribution >= 0.6 is 0 Å². The number of methoxy groups -OCH3 is 1. The van der Waals surface area contributed by atoms with Crippen molar-refractivity contribution < 1.29 is 22.7 Å². The molecule has 31 heavy (non-hydrogen) atoms. The maximum absolute atomic E-state index is 12.7. The minimum atomic E-state index is -3.57. The molecule has 1 heterocycles. The largest absolute Gasteiger partial charge is 0.497 e. The van der Waals surface area contributed by atoms with Crippen LogP contribution in [0.1, 0.15) is 15.9 Å². The van der Waals surface area contributed by atoms with Crippen molar-refractivity contribution in [2.24, 2.45) is 0 Å². The second kappa shape index (κ2) is 9.01. The van der Waals surface area contributed by atoms with Crippen LogP contribution in [0.25, 0.3) is 16.8 Å². The Balaban J connectivity index is 1.48. The molecule has 6 nitrogen and oxygen atoms in total. The van der Waals surface area contributed by atoms with Crippen LogP contribution in [-0.2, 0) is 14.8 Å². The highest BCUT2D eigenvalue weighted by Gasteiger charge is 2.26. The summed E-state index contributed by atoms with van der Waals surface area (Å²) >= 11 is 0. The van der Waals surface area contributed by atoms with Crippen molar-refractivity contribution in [3.05, 3.63) is 77.9 Å². The number of carbonyl (C=O) groups excluding carboxylic acids is 1.